The Kier molecular flexibility index (Phi) is 9.47. The fourth-order valence-electron chi connectivity index (χ4n) is 1.33. The maximum absolute atomic E-state index is 12.6. The molecule has 0 aliphatic rings. The summed E-state index contributed by atoms with van der Waals surface area (Å²) in [6, 6.07) is 13.7. The molecule has 2 aromatic rings. The lowest BCUT2D eigenvalue weighted by Crippen LogP contribution is -1.81. The fraction of sp³-hybridized carbons (Fsp3) is 0.250. The van der Waals surface area contributed by atoms with Crippen molar-refractivity contribution in [2.24, 2.45) is 0 Å². The van der Waals surface area contributed by atoms with Crippen molar-refractivity contribution in [2.45, 2.75) is 27.7 Å². The summed E-state index contributed by atoms with van der Waals surface area (Å²) >= 11 is 0. The average Bonchev–Trinajstić information content (AvgIpc) is 2.29. The molecule has 0 unspecified atom stereocenters. The Morgan fingerprint density at radius 2 is 1.00 bits per heavy atom. The van der Waals surface area contributed by atoms with E-state index in [-0.39, 0.29) is 15.2 Å². The molecule has 0 aromatic heterocycles. The van der Waals surface area contributed by atoms with Crippen molar-refractivity contribution < 1.29 is 13.8 Å². The summed E-state index contributed by atoms with van der Waals surface area (Å²) in [5.41, 5.74) is 4.34. The minimum Gasteiger partial charge on any atom is -0.269 e. The second kappa shape index (κ2) is 9.20. The van der Waals surface area contributed by atoms with Gasteiger partial charge in [0.05, 0.1) is 0 Å². The molecule has 106 valence electrons. The first-order valence-corrected chi connectivity index (χ1v) is 5.75. The van der Waals surface area contributed by atoms with Crippen molar-refractivity contribution in [3.05, 3.63) is 70.5 Å². The largest absolute Gasteiger partial charge is 0.269 e. The van der Waals surface area contributed by atoms with E-state index in [1.54, 1.807) is 13.0 Å². The van der Waals surface area contributed by atoms with E-state index >= 15 is 0 Å². The Morgan fingerprint density at radius 3 is 1.32 bits per heavy atom. The van der Waals surface area contributed by atoms with Crippen LogP contribution in [0.25, 0.3) is 0 Å². The molecule has 0 saturated carbocycles. The van der Waals surface area contributed by atoms with E-state index in [2.05, 4.69) is 38.1 Å². The molecule has 2 rings (SSSR count). The molecule has 0 nitrogen and oxygen atoms in total. The van der Waals surface area contributed by atoms with E-state index in [1.165, 1.54) is 17.2 Å². The van der Waals surface area contributed by atoms with Gasteiger partial charge in [-0.2, -0.15) is 0 Å². The smallest absolute Gasteiger partial charge is 0.126 e. The molecular weight excluding hydrogens is 249 g/mol. The minimum atomic E-state index is -0.116. The first kappa shape index (κ1) is 19.6. The van der Waals surface area contributed by atoms with Gasteiger partial charge in [0.2, 0.25) is 0 Å². The van der Waals surface area contributed by atoms with Crippen LogP contribution in [0.15, 0.2) is 42.5 Å². The molecule has 0 fully saturated rings. The summed E-state index contributed by atoms with van der Waals surface area (Å²) in [6.07, 6.45) is 0. The predicted molar refractivity (Wildman–Crippen MR) is 76.8 cm³/mol. The first-order valence-electron chi connectivity index (χ1n) is 5.75. The van der Waals surface area contributed by atoms with Crippen LogP contribution in [-0.2, 0) is 0 Å². The number of aryl methyl sites for hydroxylation is 4. The van der Waals surface area contributed by atoms with Gasteiger partial charge in [-0.3, -0.25) is 9.41 Å². The highest BCUT2D eigenvalue weighted by atomic mass is 19.1. The molecule has 0 spiro atoms. The summed E-state index contributed by atoms with van der Waals surface area (Å²) < 4.78 is 12.6. The van der Waals surface area contributed by atoms with Crippen LogP contribution in [0.2, 0.25) is 0 Å². The number of hydrogen-bond donors (Lipinski definition) is 0. The zero-order valence-electron chi connectivity index (χ0n) is 11.7. The Morgan fingerprint density at radius 1 is 0.632 bits per heavy atom. The molecule has 0 N–H and O–H groups in total. The van der Waals surface area contributed by atoms with E-state index < -0.39 is 0 Å². The molecule has 0 aliphatic heterocycles. The highest BCUT2D eigenvalue weighted by Gasteiger charge is 1.93. The Labute approximate surface area is 113 Å². The lowest BCUT2D eigenvalue weighted by Gasteiger charge is -1.94. The van der Waals surface area contributed by atoms with Gasteiger partial charge in [-0.15, -0.1) is 0 Å². The van der Waals surface area contributed by atoms with Gasteiger partial charge in [0.1, 0.15) is 5.82 Å². The monoisotopic (exact) mass is 270 g/mol. The molecule has 0 atom stereocenters. The number of rotatable bonds is 0. The summed E-state index contributed by atoms with van der Waals surface area (Å²) in [6.45, 7) is 7.83. The maximum atomic E-state index is 12.6. The van der Waals surface area contributed by atoms with Crippen molar-refractivity contribution in [2.75, 3.05) is 0 Å². The van der Waals surface area contributed by atoms with Crippen LogP contribution in [0.4, 0.5) is 13.8 Å². The van der Waals surface area contributed by atoms with Gasteiger partial charge in [-0.05, 0) is 44.9 Å². The summed E-state index contributed by atoms with van der Waals surface area (Å²) in [5, 5.41) is 0. The summed E-state index contributed by atoms with van der Waals surface area (Å²) in [5.74, 6) is -0.116. The van der Waals surface area contributed by atoms with E-state index in [0.29, 0.717) is 5.56 Å². The van der Waals surface area contributed by atoms with Crippen molar-refractivity contribution in [1.29, 1.82) is 0 Å². The molecule has 0 radical (unpaired) electrons. The second-order valence-electron chi connectivity index (χ2n) is 4.41. The minimum absolute atomic E-state index is 0. The van der Waals surface area contributed by atoms with Crippen LogP contribution in [0.5, 0.6) is 0 Å². The Hall–Kier alpha value is -1.77. The van der Waals surface area contributed by atoms with Gasteiger partial charge in [-0.1, -0.05) is 47.5 Å². The topological polar surface area (TPSA) is 0 Å². The van der Waals surface area contributed by atoms with E-state index in [1.807, 2.05) is 13.0 Å². The average molecular weight is 270 g/mol. The third-order valence-electron chi connectivity index (χ3n) is 2.55. The Balaban J connectivity index is 0. The summed E-state index contributed by atoms with van der Waals surface area (Å²) in [4.78, 5) is 0. The van der Waals surface area contributed by atoms with Crippen LogP contribution in [-0.4, -0.2) is 0 Å². The molecule has 0 bridgehead atoms. The molecular formula is C16H21F3. The molecule has 0 heterocycles. The van der Waals surface area contributed by atoms with Crippen LogP contribution in [0.1, 0.15) is 22.3 Å². The van der Waals surface area contributed by atoms with Gasteiger partial charge >= 0.3 is 0 Å². The first-order chi connectivity index (χ1) is 7.99. The molecule has 19 heavy (non-hydrogen) atoms. The van der Waals surface area contributed by atoms with Gasteiger partial charge in [0, 0.05) is 0 Å². The molecule has 0 amide bonds. The lowest BCUT2D eigenvalue weighted by atomic mass is 10.2. The van der Waals surface area contributed by atoms with Gasteiger partial charge in [-0.25, -0.2) is 4.39 Å². The zero-order chi connectivity index (χ0) is 12.8. The van der Waals surface area contributed by atoms with E-state index in [0.717, 1.165) is 5.56 Å². The molecule has 0 aliphatic carbocycles. The SMILES string of the molecule is Cc1ccc(C)c(F)c1.Cc1ccc(C)cc1.F.F. The molecule has 0 saturated heterocycles. The highest BCUT2D eigenvalue weighted by Crippen LogP contribution is 2.06. The fourth-order valence-corrected chi connectivity index (χ4v) is 1.33. The maximum Gasteiger partial charge on any atom is 0.126 e. The normalized spacial score (nSPS) is 8.47. The second-order valence-corrected chi connectivity index (χ2v) is 4.41. The van der Waals surface area contributed by atoms with E-state index in [4.69, 9.17) is 0 Å². The predicted octanol–water partition coefficient (Wildman–Crippen LogP) is 5.05. The van der Waals surface area contributed by atoms with Gasteiger partial charge < -0.3 is 0 Å². The summed E-state index contributed by atoms with van der Waals surface area (Å²) in [7, 11) is 0. The molecule has 3 heteroatoms. The van der Waals surface area contributed by atoms with Crippen molar-refractivity contribution >= 4 is 0 Å². The van der Waals surface area contributed by atoms with Crippen LogP contribution in [0, 0.1) is 33.5 Å². The number of halogens is 3. The van der Waals surface area contributed by atoms with Gasteiger partial charge in [0.25, 0.3) is 0 Å². The van der Waals surface area contributed by atoms with Gasteiger partial charge in [0.15, 0.2) is 0 Å². The third-order valence-corrected chi connectivity index (χ3v) is 2.55. The van der Waals surface area contributed by atoms with Crippen LogP contribution < -0.4 is 0 Å². The molecule has 2 aromatic carbocycles. The number of benzene rings is 2. The van der Waals surface area contributed by atoms with Crippen molar-refractivity contribution in [3.8, 4) is 0 Å². The third kappa shape index (κ3) is 7.29. The number of hydrogen-bond acceptors (Lipinski definition) is 0. The zero-order valence-corrected chi connectivity index (χ0v) is 11.7. The van der Waals surface area contributed by atoms with Crippen molar-refractivity contribution in [1.82, 2.24) is 0 Å². The quantitative estimate of drug-likeness (QED) is 0.628. The van der Waals surface area contributed by atoms with Crippen molar-refractivity contribution in [3.63, 3.8) is 0 Å². The van der Waals surface area contributed by atoms with Crippen LogP contribution in [0.3, 0.4) is 0 Å². The highest BCUT2D eigenvalue weighted by molar-refractivity contribution is 5.21. The Bertz CT molecular complexity index is 455. The lowest BCUT2D eigenvalue weighted by molar-refractivity contribution is 0.617. The van der Waals surface area contributed by atoms with Crippen LogP contribution >= 0.6 is 0 Å². The van der Waals surface area contributed by atoms with E-state index in [9.17, 15) is 4.39 Å². The standard InChI is InChI=1S/C8H9F.C8H10.2FH/c1-6-3-4-7(2)8(9)5-6;1-7-3-5-8(2)6-4-7;;/h3-5H,1-2H3;3-6H,1-2H3;2*1H.